The van der Waals surface area contributed by atoms with E-state index in [1.165, 1.54) is 10.9 Å². The zero-order valence-corrected chi connectivity index (χ0v) is 16.0. The molecule has 10 nitrogen and oxygen atoms in total. The highest BCUT2D eigenvalue weighted by molar-refractivity contribution is 5.79. The summed E-state index contributed by atoms with van der Waals surface area (Å²) in [6.07, 6.45) is 2.09. The van der Waals surface area contributed by atoms with E-state index in [4.69, 9.17) is 10.3 Å². The van der Waals surface area contributed by atoms with Crippen molar-refractivity contribution in [1.82, 2.24) is 25.2 Å². The van der Waals surface area contributed by atoms with E-state index in [2.05, 4.69) is 15.6 Å². The molecule has 28 heavy (non-hydrogen) atoms. The third-order valence-electron chi connectivity index (χ3n) is 5.01. The quantitative estimate of drug-likeness (QED) is 0.634. The summed E-state index contributed by atoms with van der Waals surface area (Å²) in [6, 6.07) is 3.00. The Balaban J connectivity index is 1.49. The number of aliphatic hydroxyl groups excluding tert-OH is 1. The fourth-order valence-electron chi connectivity index (χ4n) is 3.57. The van der Waals surface area contributed by atoms with Gasteiger partial charge >= 0.3 is 0 Å². The van der Waals surface area contributed by atoms with Crippen LogP contribution in [0, 0.1) is 12.8 Å². The number of anilines is 1. The van der Waals surface area contributed by atoms with Gasteiger partial charge in [0.15, 0.2) is 0 Å². The molecule has 4 N–H and O–H groups in total. The largest absolute Gasteiger partial charge is 0.391 e. The number of aromatic nitrogens is 3. The first-order valence-electron chi connectivity index (χ1n) is 9.25. The number of aryl methyl sites for hydroxylation is 1. The van der Waals surface area contributed by atoms with Gasteiger partial charge in [0.05, 0.1) is 24.4 Å². The average molecular weight is 390 g/mol. The lowest BCUT2D eigenvalue weighted by Crippen LogP contribution is -2.49. The molecule has 0 unspecified atom stereocenters. The molecule has 152 valence electrons. The van der Waals surface area contributed by atoms with Crippen LogP contribution in [0.3, 0.4) is 0 Å². The number of nitrogens with zero attached hydrogens (tertiary/aromatic N) is 4. The van der Waals surface area contributed by atoms with Crippen LogP contribution in [0.2, 0.25) is 0 Å². The van der Waals surface area contributed by atoms with Gasteiger partial charge in [-0.2, -0.15) is 5.10 Å². The normalized spacial score (nSPS) is 22.0. The van der Waals surface area contributed by atoms with Crippen molar-refractivity contribution in [2.75, 3.05) is 12.8 Å². The molecule has 0 radical (unpaired) electrons. The molecule has 1 fully saturated rings. The van der Waals surface area contributed by atoms with Crippen LogP contribution >= 0.6 is 0 Å². The summed E-state index contributed by atoms with van der Waals surface area (Å²) in [5.74, 6) is -0.194. The molecular formula is C18H26N6O4. The molecule has 2 aromatic rings. The number of carbonyl (C=O) groups is 2. The number of nitrogens with one attached hydrogen (secondary N) is 1. The summed E-state index contributed by atoms with van der Waals surface area (Å²) in [4.78, 5) is 26.5. The van der Waals surface area contributed by atoms with Crippen molar-refractivity contribution in [3.8, 4) is 0 Å². The second-order valence-corrected chi connectivity index (χ2v) is 7.30. The van der Waals surface area contributed by atoms with Crippen LogP contribution in [0.4, 0.5) is 5.82 Å². The first-order valence-corrected chi connectivity index (χ1v) is 9.25. The molecule has 2 amide bonds. The van der Waals surface area contributed by atoms with E-state index in [-0.39, 0.29) is 24.3 Å². The predicted octanol–water partition coefficient (Wildman–Crippen LogP) is 0.0661. The second-order valence-electron chi connectivity index (χ2n) is 7.30. The molecule has 10 heteroatoms. The smallest absolute Gasteiger partial charge is 0.242 e. The van der Waals surface area contributed by atoms with Crippen LogP contribution in [0.1, 0.15) is 30.7 Å². The lowest BCUT2D eigenvalue weighted by molar-refractivity contribution is -0.137. The molecule has 3 rings (SSSR count). The van der Waals surface area contributed by atoms with Gasteiger partial charge in [0.25, 0.3) is 0 Å². The molecule has 0 aromatic carbocycles. The van der Waals surface area contributed by atoms with Crippen LogP contribution in [-0.2, 0) is 22.7 Å². The van der Waals surface area contributed by atoms with E-state index in [0.717, 1.165) is 5.69 Å². The minimum Gasteiger partial charge on any atom is -0.391 e. The van der Waals surface area contributed by atoms with Gasteiger partial charge in [-0.3, -0.25) is 9.59 Å². The van der Waals surface area contributed by atoms with Crippen LogP contribution in [0.25, 0.3) is 0 Å². The molecule has 1 aliphatic carbocycles. The van der Waals surface area contributed by atoms with E-state index in [0.29, 0.717) is 37.3 Å². The Hall–Kier alpha value is -2.88. The third-order valence-corrected chi connectivity index (χ3v) is 5.01. The van der Waals surface area contributed by atoms with Crippen molar-refractivity contribution >= 4 is 17.6 Å². The van der Waals surface area contributed by atoms with Crippen molar-refractivity contribution in [3.05, 3.63) is 29.8 Å². The van der Waals surface area contributed by atoms with Gasteiger partial charge in [0.1, 0.15) is 24.3 Å². The van der Waals surface area contributed by atoms with Crippen molar-refractivity contribution in [1.29, 1.82) is 0 Å². The highest BCUT2D eigenvalue weighted by atomic mass is 16.5. The Morgan fingerprint density at radius 1 is 1.46 bits per heavy atom. The highest BCUT2D eigenvalue weighted by Gasteiger charge is 2.35. The number of nitrogens with two attached hydrogens (primary N) is 1. The fraction of sp³-hybridized carbons (Fsp3) is 0.556. The summed E-state index contributed by atoms with van der Waals surface area (Å²) in [5, 5.41) is 21.2. The number of carbonyl (C=O) groups excluding carboxylic acids is 2. The Labute approximate surface area is 162 Å². The van der Waals surface area contributed by atoms with Gasteiger partial charge in [0.2, 0.25) is 11.8 Å². The van der Waals surface area contributed by atoms with E-state index in [9.17, 15) is 14.7 Å². The van der Waals surface area contributed by atoms with Crippen molar-refractivity contribution in [2.24, 2.45) is 5.92 Å². The van der Waals surface area contributed by atoms with E-state index < -0.39 is 12.1 Å². The maximum absolute atomic E-state index is 12.6. The highest BCUT2D eigenvalue weighted by Crippen LogP contribution is 2.27. The first kappa shape index (κ1) is 19.9. The van der Waals surface area contributed by atoms with Gasteiger partial charge in [-0.25, -0.2) is 4.68 Å². The lowest BCUT2D eigenvalue weighted by Gasteiger charge is -2.34. The number of nitrogen functional groups attached to an aromatic ring is 1. The summed E-state index contributed by atoms with van der Waals surface area (Å²) >= 11 is 0. The van der Waals surface area contributed by atoms with Crippen molar-refractivity contribution < 1.29 is 19.2 Å². The average Bonchev–Trinajstić information content (AvgIpc) is 3.25. The van der Waals surface area contributed by atoms with Gasteiger partial charge in [-0.1, -0.05) is 5.16 Å². The lowest BCUT2D eigenvalue weighted by atomic mass is 9.83. The molecule has 2 aromatic heterocycles. The molecular weight excluding hydrogens is 364 g/mol. The molecule has 0 saturated heterocycles. The summed E-state index contributed by atoms with van der Waals surface area (Å²) in [5.41, 5.74) is 7.20. The van der Waals surface area contributed by atoms with Crippen molar-refractivity contribution in [2.45, 2.75) is 51.4 Å². The van der Waals surface area contributed by atoms with Crippen molar-refractivity contribution in [3.63, 3.8) is 0 Å². The van der Waals surface area contributed by atoms with Gasteiger partial charge in [-0.15, -0.1) is 0 Å². The predicted molar refractivity (Wildman–Crippen MR) is 99.6 cm³/mol. The van der Waals surface area contributed by atoms with Gasteiger partial charge < -0.3 is 25.6 Å². The number of aliphatic hydroxyl groups is 1. The van der Waals surface area contributed by atoms with E-state index >= 15 is 0 Å². The standard InChI is InChI=1S/C18H26N6O4/c1-11-7-16(19)24(21-11)10-17(26)20-14-4-3-12(8-15(14)25)18(27)23(2)9-13-5-6-28-22-13/h5-7,12,14-15,25H,3-4,8-10,19H2,1-2H3,(H,20,26)/t12-,14-,15-/m0/s1. The summed E-state index contributed by atoms with van der Waals surface area (Å²) < 4.78 is 6.20. The summed E-state index contributed by atoms with van der Waals surface area (Å²) in [6.45, 7) is 2.14. The SMILES string of the molecule is Cc1cc(N)n(CC(=O)N[C@H]2CC[C@H](C(=O)N(C)Cc3ccon3)C[C@@H]2O)n1. The molecule has 2 heterocycles. The zero-order valence-electron chi connectivity index (χ0n) is 16.0. The van der Waals surface area contributed by atoms with Crippen LogP contribution in [-0.4, -0.2) is 56.0 Å². The second kappa shape index (κ2) is 8.42. The molecule has 0 bridgehead atoms. The summed E-state index contributed by atoms with van der Waals surface area (Å²) in [7, 11) is 1.70. The van der Waals surface area contributed by atoms with E-state index in [1.54, 1.807) is 31.0 Å². The Morgan fingerprint density at radius 2 is 2.25 bits per heavy atom. The number of rotatable bonds is 6. The number of hydrogen-bond acceptors (Lipinski definition) is 7. The fourth-order valence-corrected chi connectivity index (χ4v) is 3.57. The molecule has 3 atom stereocenters. The van der Waals surface area contributed by atoms with Gasteiger partial charge in [0, 0.05) is 25.1 Å². The molecule has 1 aliphatic rings. The van der Waals surface area contributed by atoms with Crippen LogP contribution in [0.5, 0.6) is 0 Å². The Kier molecular flexibility index (Phi) is 5.98. The third kappa shape index (κ3) is 4.69. The molecule has 1 saturated carbocycles. The maximum atomic E-state index is 12.6. The minimum absolute atomic E-state index is 0.00824. The maximum Gasteiger partial charge on any atom is 0.242 e. The first-order chi connectivity index (χ1) is 13.3. The van der Waals surface area contributed by atoms with Gasteiger partial charge in [-0.05, 0) is 26.2 Å². The van der Waals surface area contributed by atoms with Crippen LogP contribution < -0.4 is 11.1 Å². The number of hydrogen-bond donors (Lipinski definition) is 3. The Bertz CT molecular complexity index is 818. The zero-order chi connectivity index (χ0) is 20.3. The van der Waals surface area contributed by atoms with E-state index in [1.807, 2.05) is 0 Å². The topological polar surface area (TPSA) is 140 Å². The molecule has 0 spiro atoms. The Morgan fingerprint density at radius 3 is 2.86 bits per heavy atom. The minimum atomic E-state index is -0.788. The van der Waals surface area contributed by atoms with Crippen LogP contribution in [0.15, 0.2) is 22.9 Å². The molecule has 0 aliphatic heterocycles. The monoisotopic (exact) mass is 390 g/mol. The number of amides is 2.